The molecule has 0 atom stereocenters. The predicted octanol–water partition coefficient (Wildman–Crippen LogP) is 3.18. The molecule has 0 saturated carbocycles. The van der Waals surface area contributed by atoms with E-state index in [4.69, 9.17) is 0 Å². The molecule has 0 aromatic heterocycles. The first-order valence-electron chi connectivity index (χ1n) is 7.11. The number of nitrogens with one attached hydrogen (secondary N) is 1. The van der Waals surface area contributed by atoms with E-state index in [2.05, 4.69) is 19.2 Å². The Morgan fingerprint density at radius 1 is 1.15 bits per heavy atom. The first-order chi connectivity index (χ1) is 9.35. The highest BCUT2D eigenvalue weighted by Gasteiger charge is 2.20. The third-order valence-electron chi connectivity index (χ3n) is 3.17. The number of hydrogen-bond acceptors (Lipinski definition) is 3. The summed E-state index contributed by atoms with van der Waals surface area (Å²) in [6.45, 7) is 5.23. The molecule has 0 aliphatic heterocycles. The number of nitrogens with zero attached hydrogens (tertiary/aromatic N) is 1. The van der Waals surface area contributed by atoms with Crippen molar-refractivity contribution in [2.24, 2.45) is 5.92 Å². The predicted molar refractivity (Wildman–Crippen MR) is 84.5 cm³/mol. The fraction of sp³-hybridized carbons (Fsp3) is 0.600. The summed E-state index contributed by atoms with van der Waals surface area (Å²) in [5.74, 6) is 0.719. The van der Waals surface area contributed by atoms with E-state index in [0.717, 1.165) is 25.3 Å². The molecular formula is C15H26N2O2S. The first-order valence-corrected chi connectivity index (χ1v) is 8.55. The molecule has 0 radical (unpaired) electrons. The minimum absolute atomic E-state index is 0.342. The van der Waals surface area contributed by atoms with Gasteiger partial charge in [0.05, 0.1) is 5.69 Å². The smallest absolute Gasteiger partial charge is 0.244 e. The van der Waals surface area contributed by atoms with Gasteiger partial charge in [-0.15, -0.1) is 0 Å². The average molecular weight is 298 g/mol. The van der Waals surface area contributed by atoms with E-state index >= 15 is 0 Å². The Morgan fingerprint density at radius 2 is 1.80 bits per heavy atom. The number of para-hydroxylation sites is 1. The fourth-order valence-corrected chi connectivity index (χ4v) is 3.00. The molecule has 20 heavy (non-hydrogen) atoms. The van der Waals surface area contributed by atoms with Crippen molar-refractivity contribution < 1.29 is 8.42 Å². The summed E-state index contributed by atoms with van der Waals surface area (Å²) in [6.07, 6.45) is 3.42. The second kappa shape index (κ2) is 7.64. The van der Waals surface area contributed by atoms with Crippen molar-refractivity contribution in [1.82, 2.24) is 4.31 Å². The van der Waals surface area contributed by atoms with Gasteiger partial charge in [-0.1, -0.05) is 38.8 Å². The topological polar surface area (TPSA) is 49.4 Å². The molecule has 5 heteroatoms. The van der Waals surface area contributed by atoms with Gasteiger partial charge in [0.15, 0.2) is 0 Å². The standard InChI is InChI=1S/C15H26N2O2S/c1-13(2)9-7-8-12-16-14-10-5-6-11-15(14)20(18,19)17(3)4/h5-6,10-11,13,16H,7-9,12H2,1-4H3. The van der Waals surface area contributed by atoms with Crippen LogP contribution in [0.1, 0.15) is 33.1 Å². The average Bonchev–Trinajstić information content (AvgIpc) is 2.38. The number of sulfonamides is 1. The van der Waals surface area contributed by atoms with Crippen LogP contribution < -0.4 is 5.32 Å². The lowest BCUT2D eigenvalue weighted by molar-refractivity contribution is 0.521. The van der Waals surface area contributed by atoms with Crippen LogP contribution in [0.4, 0.5) is 5.69 Å². The Bertz CT molecular complexity index is 510. The molecule has 0 amide bonds. The molecular weight excluding hydrogens is 272 g/mol. The summed E-state index contributed by atoms with van der Waals surface area (Å²) in [7, 11) is -0.292. The van der Waals surface area contributed by atoms with Gasteiger partial charge in [0.25, 0.3) is 0 Å². The fourth-order valence-electron chi connectivity index (χ4n) is 1.93. The van der Waals surface area contributed by atoms with Gasteiger partial charge in [-0.3, -0.25) is 0 Å². The van der Waals surface area contributed by atoms with E-state index < -0.39 is 10.0 Å². The minimum atomic E-state index is -3.39. The largest absolute Gasteiger partial charge is 0.384 e. The van der Waals surface area contributed by atoms with E-state index in [0.29, 0.717) is 10.6 Å². The molecule has 1 aromatic rings. The molecule has 1 rings (SSSR count). The second-order valence-electron chi connectivity index (χ2n) is 5.60. The lowest BCUT2D eigenvalue weighted by Gasteiger charge is -2.16. The van der Waals surface area contributed by atoms with E-state index in [9.17, 15) is 8.42 Å². The van der Waals surface area contributed by atoms with Crippen molar-refractivity contribution in [3.05, 3.63) is 24.3 Å². The maximum atomic E-state index is 12.2. The highest BCUT2D eigenvalue weighted by atomic mass is 32.2. The Kier molecular flexibility index (Phi) is 6.49. The second-order valence-corrected chi connectivity index (χ2v) is 7.72. The van der Waals surface area contributed by atoms with Gasteiger partial charge in [0.1, 0.15) is 4.90 Å². The quantitative estimate of drug-likeness (QED) is 0.750. The molecule has 0 bridgehead atoms. The Morgan fingerprint density at radius 3 is 2.40 bits per heavy atom. The lowest BCUT2D eigenvalue weighted by atomic mass is 10.1. The van der Waals surface area contributed by atoms with Gasteiger partial charge in [0, 0.05) is 20.6 Å². The molecule has 1 N–H and O–H groups in total. The Hall–Kier alpha value is -1.07. The summed E-state index contributed by atoms with van der Waals surface area (Å²) >= 11 is 0. The number of unbranched alkanes of at least 4 members (excludes halogenated alkanes) is 1. The van der Waals surface area contributed by atoms with E-state index in [1.807, 2.05) is 12.1 Å². The van der Waals surface area contributed by atoms with Crippen LogP contribution in [0.15, 0.2) is 29.2 Å². The number of hydrogen-bond donors (Lipinski definition) is 1. The van der Waals surface area contributed by atoms with Gasteiger partial charge >= 0.3 is 0 Å². The third-order valence-corrected chi connectivity index (χ3v) is 5.04. The van der Waals surface area contributed by atoms with Gasteiger partial charge in [-0.2, -0.15) is 0 Å². The molecule has 0 fully saturated rings. The van der Waals surface area contributed by atoms with Crippen LogP contribution in [0.25, 0.3) is 0 Å². The summed E-state index contributed by atoms with van der Waals surface area (Å²) in [5, 5.41) is 3.24. The van der Waals surface area contributed by atoms with Crippen LogP contribution in [0.2, 0.25) is 0 Å². The highest BCUT2D eigenvalue weighted by molar-refractivity contribution is 7.89. The SMILES string of the molecule is CC(C)CCCCNc1ccccc1S(=O)(=O)N(C)C. The monoisotopic (exact) mass is 298 g/mol. The lowest BCUT2D eigenvalue weighted by Crippen LogP contribution is -2.23. The van der Waals surface area contributed by atoms with Crippen LogP contribution in [-0.4, -0.2) is 33.4 Å². The zero-order valence-corrected chi connectivity index (χ0v) is 13.7. The minimum Gasteiger partial charge on any atom is -0.384 e. The van der Waals surface area contributed by atoms with Crippen molar-refractivity contribution in [3.8, 4) is 0 Å². The summed E-state index contributed by atoms with van der Waals surface area (Å²) < 4.78 is 25.7. The molecule has 0 spiro atoms. The third kappa shape index (κ3) is 4.80. The molecule has 1 aromatic carbocycles. The van der Waals surface area contributed by atoms with Crippen LogP contribution >= 0.6 is 0 Å². The zero-order valence-electron chi connectivity index (χ0n) is 12.9. The Balaban J connectivity index is 2.68. The molecule has 114 valence electrons. The van der Waals surface area contributed by atoms with Crippen molar-refractivity contribution in [1.29, 1.82) is 0 Å². The van der Waals surface area contributed by atoms with Crippen LogP contribution in [-0.2, 0) is 10.0 Å². The highest BCUT2D eigenvalue weighted by Crippen LogP contribution is 2.23. The summed E-state index contributed by atoms with van der Waals surface area (Å²) in [5.41, 5.74) is 0.686. The van der Waals surface area contributed by atoms with Gasteiger partial charge in [0.2, 0.25) is 10.0 Å². The maximum Gasteiger partial charge on any atom is 0.244 e. The molecule has 0 heterocycles. The van der Waals surface area contributed by atoms with Crippen molar-refractivity contribution in [2.75, 3.05) is 26.0 Å². The van der Waals surface area contributed by atoms with Crippen molar-refractivity contribution in [3.63, 3.8) is 0 Å². The first kappa shape index (κ1) is 17.0. The van der Waals surface area contributed by atoms with Gasteiger partial charge < -0.3 is 5.32 Å². The van der Waals surface area contributed by atoms with Crippen LogP contribution in [0.3, 0.4) is 0 Å². The summed E-state index contributed by atoms with van der Waals surface area (Å²) in [4.78, 5) is 0.342. The van der Waals surface area contributed by atoms with E-state index in [1.165, 1.54) is 10.7 Å². The Labute approximate surface area is 123 Å². The van der Waals surface area contributed by atoms with E-state index in [1.54, 1.807) is 26.2 Å². The number of rotatable bonds is 8. The number of anilines is 1. The normalized spacial score (nSPS) is 12.1. The molecule has 0 saturated heterocycles. The zero-order chi connectivity index (χ0) is 15.2. The summed E-state index contributed by atoms with van der Waals surface area (Å²) in [6, 6.07) is 7.07. The number of benzene rings is 1. The van der Waals surface area contributed by atoms with Crippen molar-refractivity contribution in [2.45, 2.75) is 38.0 Å². The van der Waals surface area contributed by atoms with E-state index in [-0.39, 0.29) is 0 Å². The maximum absolute atomic E-state index is 12.2. The molecule has 0 unspecified atom stereocenters. The molecule has 0 aliphatic carbocycles. The van der Waals surface area contributed by atoms with Crippen LogP contribution in [0, 0.1) is 5.92 Å². The van der Waals surface area contributed by atoms with Crippen LogP contribution in [0.5, 0.6) is 0 Å². The molecule has 0 aliphatic rings. The van der Waals surface area contributed by atoms with Gasteiger partial charge in [-0.05, 0) is 24.5 Å². The van der Waals surface area contributed by atoms with Gasteiger partial charge in [-0.25, -0.2) is 12.7 Å². The van der Waals surface area contributed by atoms with Crippen molar-refractivity contribution >= 4 is 15.7 Å². The molecule has 4 nitrogen and oxygen atoms in total.